The fraction of sp³-hybridized carbons (Fsp3) is 0.125. The Balaban J connectivity index is 2.97. The Morgan fingerprint density at radius 3 is 2.75 bits per heavy atom. The Morgan fingerprint density at radius 1 is 1.50 bits per heavy atom. The first-order chi connectivity index (χ1) is 5.75. The molecule has 0 fully saturated rings. The molecule has 0 amide bonds. The number of nitrogens with zero attached hydrogens (tertiary/aromatic N) is 1. The second-order valence-electron chi connectivity index (χ2n) is 2.19. The third-order valence-electron chi connectivity index (χ3n) is 1.36. The highest BCUT2D eigenvalue weighted by molar-refractivity contribution is 7.85. The molecule has 1 rings (SSSR count). The number of rotatable bonds is 2. The normalized spacial score (nSPS) is 11.9. The van der Waals surface area contributed by atoms with Gasteiger partial charge in [-0.2, -0.15) is 5.26 Å². The lowest BCUT2D eigenvalue weighted by Gasteiger charge is -2.00. The number of nitrogen functional groups attached to an aromatic ring is 1. The zero-order valence-corrected chi connectivity index (χ0v) is 7.17. The Bertz CT molecular complexity index is 343. The molecule has 0 spiro atoms. The first-order valence-electron chi connectivity index (χ1n) is 3.35. The standard InChI is InChI=1S/C8H8N2OS/c9-5-6-12(11)8-4-2-1-3-7(8)10/h1-4H,6,10H2. The molecular formula is C8H8N2OS. The van der Waals surface area contributed by atoms with Gasteiger partial charge in [-0.1, -0.05) is 12.1 Å². The van der Waals surface area contributed by atoms with Gasteiger partial charge in [0.15, 0.2) is 0 Å². The van der Waals surface area contributed by atoms with Gasteiger partial charge in [-0.25, -0.2) is 0 Å². The summed E-state index contributed by atoms with van der Waals surface area (Å²) in [5, 5.41) is 8.31. The average molecular weight is 180 g/mol. The van der Waals surface area contributed by atoms with Gasteiger partial charge >= 0.3 is 0 Å². The minimum atomic E-state index is -1.28. The van der Waals surface area contributed by atoms with Crippen LogP contribution in [-0.2, 0) is 10.8 Å². The average Bonchev–Trinajstić information content (AvgIpc) is 2.05. The molecule has 0 aliphatic rings. The van der Waals surface area contributed by atoms with Crippen molar-refractivity contribution in [2.75, 3.05) is 11.5 Å². The molecule has 0 radical (unpaired) electrons. The monoisotopic (exact) mass is 180 g/mol. The Labute approximate surface area is 73.3 Å². The lowest BCUT2D eigenvalue weighted by atomic mass is 10.3. The van der Waals surface area contributed by atoms with Crippen LogP contribution in [0, 0.1) is 11.3 Å². The molecular weight excluding hydrogens is 172 g/mol. The molecule has 2 N–H and O–H groups in total. The van der Waals surface area contributed by atoms with Crippen LogP contribution in [0.5, 0.6) is 0 Å². The summed E-state index contributed by atoms with van der Waals surface area (Å²) < 4.78 is 11.3. The third-order valence-corrected chi connectivity index (χ3v) is 2.61. The van der Waals surface area contributed by atoms with Gasteiger partial charge in [0.25, 0.3) is 0 Å². The number of para-hydroxylation sites is 1. The van der Waals surface area contributed by atoms with Crippen molar-refractivity contribution in [1.82, 2.24) is 0 Å². The number of anilines is 1. The molecule has 1 unspecified atom stereocenters. The van der Waals surface area contributed by atoms with Crippen LogP contribution in [0.25, 0.3) is 0 Å². The zero-order chi connectivity index (χ0) is 8.97. The number of nitrogens with two attached hydrogens (primary N) is 1. The predicted octanol–water partition coefficient (Wildman–Crippen LogP) is 0.900. The maximum Gasteiger partial charge on any atom is 0.115 e. The summed E-state index contributed by atoms with van der Waals surface area (Å²) in [5.41, 5.74) is 6.03. The smallest absolute Gasteiger partial charge is 0.115 e. The summed E-state index contributed by atoms with van der Waals surface area (Å²) in [6.07, 6.45) is 0. The summed E-state index contributed by atoms with van der Waals surface area (Å²) in [4.78, 5) is 0.541. The largest absolute Gasteiger partial charge is 0.398 e. The molecule has 1 aromatic carbocycles. The van der Waals surface area contributed by atoms with Crippen LogP contribution in [-0.4, -0.2) is 9.96 Å². The number of benzene rings is 1. The lowest BCUT2D eigenvalue weighted by molar-refractivity contribution is 0.685. The fourth-order valence-electron chi connectivity index (χ4n) is 0.824. The molecule has 0 aliphatic carbocycles. The van der Waals surface area contributed by atoms with Gasteiger partial charge in [0.05, 0.1) is 21.8 Å². The van der Waals surface area contributed by atoms with E-state index in [9.17, 15) is 4.21 Å². The van der Waals surface area contributed by atoms with Crippen LogP contribution in [0.3, 0.4) is 0 Å². The second kappa shape index (κ2) is 3.88. The minimum Gasteiger partial charge on any atom is -0.398 e. The van der Waals surface area contributed by atoms with Gasteiger partial charge in [0.1, 0.15) is 5.75 Å². The van der Waals surface area contributed by atoms with Crippen LogP contribution in [0.2, 0.25) is 0 Å². The van der Waals surface area contributed by atoms with E-state index < -0.39 is 10.8 Å². The van der Waals surface area contributed by atoms with Crippen molar-refractivity contribution < 1.29 is 4.21 Å². The van der Waals surface area contributed by atoms with Gasteiger partial charge in [0, 0.05) is 5.69 Å². The fourth-order valence-corrected chi connectivity index (χ4v) is 1.66. The van der Waals surface area contributed by atoms with Gasteiger partial charge in [-0.15, -0.1) is 0 Å². The van der Waals surface area contributed by atoms with E-state index in [4.69, 9.17) is 11.0 Å². The molecule has 62 valence electrons. The highest BCUT2D eigenvalue weighted by Gasteiger charge is 2.05. The highest BCUT2D eigenvalue weighted by atomic mass is 32.2. The first kappa shape index (κ1) is 8.75. The Kier molecular flexibility index (Phi) is 2.83. The van der Waals surface area contributed by atoms with E-state index in [1.165, 1.54) is 0 Å². The maximum atomic E-state index is 11.3. The Morgan fingerprint density at radius 2 is 2.17 bits per heavy atom. The van der Waals surface area contributed by atoms with E-state index in [0.29, 0.717) is 10.6 Å². The van der Waals surface area contributed by atoms with Crippen LogP contribution < -0.4 is 5.73 Å². The van der Waals surface area contributed by atoms with Crippen LogP contribution in [0.1, 0.15) is 0 Å². The predicted molar refractivity (Wildman–Crippen MR) is 47.7 cm³/mol. The van der Waals surface area contributed by atoms with E-state index in [2.05, 4.69) is 0 Å². The van der Waals surface area contributed by atoms with Gasteiger partial charge < -0.3 is 5.73 Å². The summed E-state index contributed by atoms with van der Waals surface area (Å²) in [6, 6.07) is 8.70. The molecule has 3 nitrogen and oxygen atoms in total. The van der Waals surface area contributed by atoms with Crippen LogP contribution in [0.4, 0.5) is 5.69 Å². The molecule has 0 heterocycles. The van der Waals surface area contributed by atoms with Crippen molar-refractivity contribution in [3.63, 3.8) is 0 Å². The van der Waals surface area contributed by atoms with E-state index >= 15 is 0 Å². The topological polar surface area (TPSA) is 66.9 Å². The van der Waals surface area contributed by atoms with Crippen molar-refractivity contribution in [3.05, 3.63) is 24.3 Å². The quantitative estimate of drug-likeness (QED) is 0.687. The van der Waals surface area contributed by atoms with Crippen molar-refractivity contribution in [1.29, 1.82) is 5.26 Å². The molecule has 1 atom stereocenters. The SMILES string of the molecule is N#CCS(=O)c1ccccc1N. The molecule has 1 aromatic rings. The van der Waals surface area contributed by atoms with Crippen molar-refractivity contribution in [3.8, 4) is 6.07 Å². The number of nitriles is 1. The van der Waals surface area contributed by atoms with E-state index in [1.54, 1.807) is 24.3 Å². The van der Waals surface area contributed by atoms with Crippen molar-refractivity contribution in [2.24, 2.45) is 0 Å². The number of hydrogen-bond donors (Lipinski definition) is 1. The maximum absolute atomic E-state index is 11.3. The third kappa shape index (κ3) is 1.83. The van der Waals surface area contributed by atoms with Gasteiger partial charge in [-0.3, -0.25) is 4.21 Å². The molecule has 0 bridgehead atoms. The van der Waals surface area contributed by atoms with E-state index in [0.717, 1.165) is 0 Å². The summed E-state index contributed by atoms with van der Waals surface area (Å²) in [5.74, 6) is -0.00574. The van der Waals surface area contributed by atoms with Gasteiger partial charge in [0.2, 0.25) is 0 Å². The lowest BCUT2D eigenvalue weighted by Crippen LogP contribution is -1.99. The van der Waals surface area contributed by atoms with Crippen LogP contribution >= 0.6 is 0 Å². The Hall–Kier alpha value is -1.34. The minimum absolute atomic E-state index is 0.00574. The molecule has 4 heteroatoms. The zero-order valence-electron chi connectivity index (χ0n) is 6.36. The first-order valence-corrected chi connectivity index (χ1v) is 4.67. The molecule has 0 saturated heterocycles. The van der Waals surface area contributed by atoms with Crippen molar-refractivity contribution in [2.45, 2.75) is 4.90 Å². The molecule has 12 heavy (non-hydrogen) atoms. The van der Waals surface area contributed by atoms with Gasteiger partial charge in [-0.05, 0) is 12.1 Å². The van der Waals surface area contributed by atoms with Crippen molar-refractivity contribution >= 4 is 16.5 Å². The highest BCUT2D eigenvalue weighted by Crippen LogP contribution is 2.14. The van der Waals surface area contributed by atoms with E-state index in [-0.39, 0.29) is 5.75 Å². The van der Waals surface area contributed by atoms with Crippen LogP contribution in [0.15, 0.2) is 29.2 Å². The molecule has 0 aliphatic heterocycles. The summed E-state index contributed by atoms with van der Waals surface area (Å²) >= 11 is 0. The van der Waals surface area contributed by atoms with E-state index in [1.807, 2.05) is 6.07 Å². The summed E-state index contributed by atoms with van der Waals surface area (Å²) in [6.45, 7) is 0. The second-order valence-corrected chi connectivity index (χ2v) is 3.61. The summed E-state index contributed by atoms with van der Waals surface area (Å²) in [7, 11) is -1.28. The number of hydrogen-bond acceptors (Lipinski definition) is 3. The molecule has 0 saturated carbocycles. The molecule has 0 aromatic heterocycles.